The van der Waals surface area contributed by atoms with Gasteiger partial charge < -0.3 is 21.1 Å². The molecule has 2 heterocycles. The van der Waals surface area contributed by atoms with Gasteiger partial charge in [0.25, 0.3) is 5.91 Å². The maximum absolute atomic E-state index is 13.5. The Morgan fingerprint density at radius 1 is 1.04 bits per heavy atom. The molecule has 3 rings (SSSR count). The van der Waals surface area contributed by atoms with Gasteiger partial charge in [-0.3, -0.25) is 28.9 Å². The van der Waals surface area contributed by atoms with E-state index in [-0.39, 0.29) is 65.4 Å². The van der Waals surface area contributed by atoms with Crippen LogP contribution in [-0.2, 0) is 20.8 Å². The van der Waals surface area contributed by atoms with Crippen LogP contribution in [-0.4, -0.2) is 82.2 Å². The number of amides is 3. The molecule has 252 valence electrons. The lowest BCUT2D eigenvalue weighted by Crippen LogP contribution is -2.57. The second kappa shape index (κ2) is 17.9. The molecule has 5 atom stereocenters. The Bertz CT molecular complexity index is 1330. The van der Waals surface area contributed by atoms with Gasteiger partial charge in [-0.15, -0.1) is 11.3 Å². The topological polar surface area (TPSA) is 158 Å². The predicted octanol–water partition coefficient (Wildman–Crippen LogP) is 4.08. The molecule has 12 heteroatoms. The summed E-state index contributed by atoms with van der Waals surface area (Å²) in [5, 5.41) is 19.7. The number of Topliss-reactive ketones (excluding diaryl/α,β-unsaturated/α-hetero) is 1. The van der Waals surface area contributed by atoms with E-state index in [1.807, 2.05) is 70.0 Å². The second-order valence-electron chi connectivity index (χ2n) is 12.7. The number of hydrogen-bond donors (Lipinski definition) is 4. The van der Waals surface area contributed by atoms with E-state index in [0.717, 1.165) is 42.7 Å². The highest BCUT2D eigenvalue weighted by atomic mass is 32.1. The first-order valence-electron chi connectivity index (χ1n) is 16.3. The van der Waals surface area contributed by atoms with Gasteiger partial charge in [0.1, 0.15) is 11.7 Å². The highest BCUT2D eigenvalue weighted by Gasteiger charge is 2.33. The van der Waals surface area contributed by atoms with Crippen molar-refractivity contribution in [3.63, 3.8) is 0 Å². The molecule has 0 unspecified atom stereocenters. The minimum absolute atomic E-state index is 0.0141. The van der Waals surface area contributed by atoms with Crippen LogP contribution in [0.1, 0.15) is 98.5 Å². The molecule has 2 aromatic rings. The van der Waals surface area contributed by atoms with Crippen molar-refractivity contribution in [1.29, 1.82) is 0 Å². The van der Waals surface area contributed by atoms with Gasteiger partial charge in [0.2, 0.25) is 11.8 Å². The molecule has 4 N–H and O–H groups in total. The normalized spacial score (nSPS) is 17.8. The number of hydrogen-bond acceptors (Lipinski definition) is 8. The standard InChI is InChI=1S/C34H49N5O6S/c1-6-22(4)30(38-32(44)27-14-10-11-17-39(27)5)33(45)36-25(21(2)3)19-28(40)34-37-26(20-46-34)31(43)35-24(15-16-29(41)42)18-23-12-8-7-9-13-23/h7-9,12-13,20-22,24-25,27,30H,6,10-11,14-19H2,1-5H3,(H,35,43)(H,36,45)(H,38,44)(H,41,42)/t22-,24+,25+,27-,30-/m0/s1. The average Bonchev–Trinajstić information content (AvgIpc) is 3.53. The van der Waals surface area contributed by atoms with Gasteiger partial charge in [0.05, 0.1) is 6.04 Å². The zero-order valence-electron chi connectivity index (χ0n) is 27.6. The van der Waals surface area contributed by atoms with Crippen molar-refractivity contribution in [2.45, 2.75) is 103 Å². The Labute approximate surface area is 275 Å². The highest BCUT2D eigenvalue weighted by Crippen LogP contribution is 2.19. The summed E-state index contributed by atoms with van der Waals surface area (Å²) in [6, 6.07) is 7.55. The van der Waals surface area contributed by atoms with E-state index in [4.69, 9.17) is 0 Å². The van der Waals surface area contributed by atoms with Crippen LogP contribution in [0.3, 0.4) is 0 Å². The van der Waals surface area contributed by atoms with Crippen molar-refractivity contribution in [3.8, 4) is 0 Å². The molecular formula is C34H49N5O6S. The smallest absolute Gasteiger partial charge is 0.303 e. The summed E-state index contributed by atoms with van der Waals surface area (Å²) in [7, 11) is 1.93. The van der Waals surface area contributed by atoms with Gasteiger partial charge in [-0.25, -0.2) is 4.98 Å². The highest BCUT2D eigenvalue weighted by molar-refractivity contribution is 7.11. The van der Waals surface area contributed by atoms with E-state index in [1.165, 1.54) is 5.38 Å². The van der Waals surface area contributed by atoms with Crippen LogP contribution in [0.2, 0.25) is 0 Å². The van der Waals surface area contributed by atoms with Crippen molar-refractivity contribution in [1.82, 2.24) is 25.8 Å². The summed E-state index contributed by atoms with van der Waals surface area (Å²) in [6.45, 7) is 8.57. The number of aliphatic carboxylic acids is 1. The first-order chi connectivity index (χ1) is 21.9. The molecule has 1 aromatic carbocycles. The predicted molar refractivity (Wildman–Crippen MR) is 178 cm³/mol. The average molecular weight is 656 g/mol. The zero-order chi connectivity index (χ0) is 33.8. The molecule has 0 saturated carbocycles. The fourth-order valence-corrected chi connectivity index (χ4v) is 6.31. The quantitative estimate of drug-likeness (QED) is 0.186. The molecular weight excluding hydrogens is 606 g/mol. The first-order valence-corrected chi connectivity index (χ1v) is 17.1. The molecule has 1 aromatic heterocycles. The van der Waals surface area contributed by atoms with Crippen LogP contribution in [0.25, 0.3) is 0 Å². The number of aromatic nitrogens is 1. The monoisotopic (exact) mass is 655 g/mol. The fourth-order valence-electron chi connectivity index (χ4n) is 5.56. The number of likely N-dealkylation sites (tertiary alicyclic amines) is 1. The van der Waals surface area contributed by atoms with Gasteiger partial charge >= 0.3 is 5.97 Å². The van der Waals surface area contributed by atoms with Gasteiger partial charge in [-0.1, -0.05) is 70.9 Å². The number of nitrogens with one attached hydrogen (secondary N) is 3. The number of piperidine rings is 1. The van der Waals surface area contributed by atoms with E-state index < -0.39 is 30.0 Å². The van der Waals surface area contributed by atoms with E-state index in [2.05, 4.69) is 20.9 Å². The largest absolute Gasteiger partial charge is 0.481 e. The zero-order valence-corrected chi connectivity index (χ0v) is 28.4. The molecule has 11 nitrogen and oxygen atoms in total. The Balaban J connectivity index is 1.65. The van der Waals surface area contributed by atoms with Crippen molar-refractivity contribution in [3.05, 3.63) is 52.0 Å². The van der Waals surface area contributed by atoms with Crippen molar-refractivity contribution >= 4 is 40.8 Å². The Kier molecular flexibility index (Phi) is 14.3. The van der Waals surface area contributed by atoms with E-state index in [0.29, 0.717) is 12.8 Å². The third kappa shape index (κ3) is 11.0. The van der Waals surface area contributed by atoms with Crippen molar-refractivity contribution < 1.29 is 29.1 Å². The lowest BCUT2D eigenvalue weighted by molar-refractivity contribution is -0.137. The molecule has 0 spiro atoms. The number of carbonyl (C=O) groups excluding carboxylic acids is 4. The molecule has 0 bridgehead atoms. The number of rotatable bonds is 17. The summed E-state index contributed by atoms with van der Waals surface area (Å²) >= 11 is 1.06. The maximum Gasteiger partial charge on any atom is 0.303 e. The summed E-state index contributed by atoms with van der Waals surface area (Å²) in [5.74, 6) is -2.40. The third-order valence-electron chi connectivity index (χ3n) is 8.75. The van der Waals surface area contributed by atoms with Gasteiger partial charge in [0, 0.05) is 30.3 Å². The number of carbonyl (C=O) groups is 5. The van der Waals surface area contributed by atoms with E-state index >= 15 is 0 Å². The summed E-state index contributed by atoms with van der Waals surface area (Å²) in [5.41, 5.74) is 1.05. The summed E-state index contributed by atoms with van der Waals surface area (Å²) in [4.78, 5) is 70.6. The molecule has 1 aliphatic rings. The minimum atomic E-state index is -0.949. The van der Waals surface area contributed by atoms with Crippen LogP contribution in [0.5, 0.6) is 0 Å². The van der Waals surface area contributed by atoms with Crippen LogP contribution in [0.15, 0.2) is 35.7 Å². The Morgan fingerprint density at radius 2 is 1.76 bits per heavy atom. The van der Waals surface area contributed by atoms with Gasteiger partial charge in [-0.2, -0.15) is 0 Å². The first kappa shape index (κ1) is 36.8. The summed E-state index contributed by atoms with van der Waals surface area (Å²) in [6.07, 6.45) is 4.06. The Hall–Kier alpha value is -3.64. The van der Waals surface area contributed by atoms with Crippen molar-refractivity contribution in [2.75, 3.05) is 13.6 Å². The molecule has 0 radical (unpaired) electrons. The maximum atomic E-state index is 13.5. The molecule has 0 aliphatic carbocycles. The SMILES string of the molecule is CC[C@H](C)[C@H](NC(=O)[C@@H]1CCCCN1C)C(=O)N[C@H](CC(=O)c1nc(C(=O)N[C@H](CCC(=O)O)Cc2ccccc2)cs1)C(C)C. The molecule has 1 aliphatic heterocycles. The van der Waals surface area contributed by atoms with Gasteiger partial charge in [-0.05, 0) is 56.7 Å². The number of carboxylic acid groups (broad SMARTS) is 1. The van der Waals surface area contributed by atoms with Crippen LogP contribution in [0.4, 0.5) is 0 Å². The fraction of sp³-hybridized carbons (Fsp3) is 0.588. The molecule has 1 fully saturated rings. The molecule has 46 heavy (non-hydrogen) atoms. The number of likely N-dealkylation sites (N-methyl/N-ethyl adjacent to an activating group) is 1. The van der Waals surface area contributed by atoms with Crippen LogP contribution >= 0.6 is 11.3 Å². The van der Waals surface area contributed by atoms with Gasteiger partial charge in [0.15, 0.2) is 10.8 Å². The second-order valence-corrected chi connectivity index (χ2v) is 13.5. The van der Waals surface area contributed by atoms with E-state index in [9.17, 15) is 29.1 Å². The lowest BCUT2D eigenvalue weighted by atomic mass is 9.94. The lowest BCUT2D eigenvalue weighted by Gasteiger charge is -2.34. The third-order valence-corrected chi connectivity index (χ3v) is 9.63. The van der Waals surface area contributed by atoms with Crippen molar-refractivity contribution in [2.24, 2.45) is 11.8 Å². The molecule has 1 saturated heterocycles. The number of ketones is 1. The Morgan fingerprint density at radius 3 is 2.39 bits per heavy atom. The number of nitrogens with zero attached hydrogens (tertiary/aromatic N) is 2. The molecule has 3 amide bonds. The minimum Gasteiger partial charge on any atom is -0.481 e. The number of thiazole rings is 1. The van der Waals surface area contributed by atoms with Crippen LogP contribution in [0, 0.1) is 11.8 Å². The summed E-state index contributed by atoms with van der Waals surface area (Å²) < 4.78 is 0. The number of carboxylic acids is 1. The van der Waals surface area contributed by atoms with E-state index in [1.54, 1.807) is 0 Å². The van der Waals surface area contributed by atoms with Crippen LogP contribution < -0.4 is 16.0 Å². The number of benzene rings is 1.